The van der Waals surface area contributed by atoms with Crippen LogP contribution in [0.3, 0.4) is 0 Å². The molecule has 166 valence electrons. The van der Waals surface area contributed by atoms with Gasteiger partial charge < -0.3 is 19.7 Å². The second kappa shape index (κ2) is 9.66. The first-order chi connectivity index (χ1) is 15.0. The van der Waals surface area contributed by atoms with Crippen molar-refractivity contribution in [1.82, 2.24) is 10.2 Å². The van der Waals surface area contributed by atoms with Gasteiger partial charge in [0, 0.05) is 55.6 Å². The maximum atomic E-state index is 13.9. The molecule has 2 aromatic rings. The molecule has 1 amide bonds. The average Bonchev–Trinajstić information content (AvgIpc) is 2.79. The predicted molar refractivity (Wildman–Crippen MR) is 118 cm³/mol. The number of rotatable bonds is 6. The van der Waals surface area contributed by atoms with Gasteiger partial charge in [-0.2, -0.15) is 0 Å². The lowest BCUT2D eigenvalue weighted by atomic mass is 10.1. The number of piperazine rings is 1. The Labute approximate surface area is 182 Å². The van der Waals surface area contributed by atoms with Crippen molar-refractivity contribution in [3.05, 3.63) is 58.9 Å². The molecule has 0 aromatic heterocycles. The highest BCUT2D eigenvalue weighted by Gasteiger charge is 2.20. The summed E-state index contributed by atoms with van der Waals surface area (Å²) in [7, 11) is 0. The highest BCUT2D eigenvalue weighted by atomic mass is 19.1. The van der Waals surface area contributed by atoms with Crippen LogP contribution in [0.2, 0.25) is 0 Å². The minimum atomic E-state index is -0.320. The number of ether oxygens (including phenoxy) is 2. The van der Waals surface area contributed by atoms with E-state index in [0.717, 1.165) is 37.4 Å². The number of fused-ring (bicyclic) bond motifs is 1. The van der Waals surface area contributed by atoms with Crippen LogP contribution in [0.1, 0.15) is 35.3 Å². The molecule has 0 aliphatic carbocycles. The number of hydrogen-bond acceptors (Lipinski definition) is 5. The van der Waals surface area contributed by atoms with E-state index in [-0.39, 0.29) is 18.5 Å². The molecule has 2 heterocycles. The van der Waals surface area contributed by atoms with Gasteiger partial charge in [0.15, 0.2) is 6.79 Å². The largest absolute Gasteiger partial charge is 0.467 e. The monoisotopic (exact) mass is 427 g/mol. The van der Waals surface area contributed by atoms with Gasteiger partial charge >= 0.3 is 0 Å². The number of nitrogens with one attached hydrogen (secondary N) is 1. The fraction of sp³-hybridized carbons (Fsp3) is 0.458. The Morgan fingerprint density at radius 3 is 2.58 bits per heavy atom. The second-order valence-corrected chi connectivity index (χ2v) is 8.33. The Bertz CT molecular complexity index is 909. The number of anilines is 1. The van der Waals surface area contributed by atoms with Crippen LogP contribution < -0.4 is 15.0 Å². The lowest BCUT2D eigenvalue weighted by Crippen LogP contribution is -2.48. The molecule has 0 radical (unpaired) electrons. The number of amides is 1. The molecule has 0 bridgehead atoms. The van der Waals surface area contributed by atoms with Crippen LogP contribution in [0, 0.1) is 5.82 Å². The summed E-state index contributed by atoms with van der Waals surface area (Å²) < 4.78 is 24.6. The van der Waals surface area contributed by atoms with E-state index in [9.17, 15) is 9.18 Å². The Balaban J connectivity index is 1.30. The van der Waals surface area contributed by atoms with Gasteiger partial charge in [-0.1, -0.05) is 0 Å². The molecular weight excluding hydrogens is 397 g/mol. The maximum Gasteiger partial charge on any atom is 0.251 e. The van der Waals surface area contributed by atoms with Crippen LogP contribution in [0.4, 0.5) is 10.1 Å². The van der Waals surface area contributed by atoms with Gasteiger partial charge in [-0.15, -0.1) is 0 Å². The molecule has 7 heteroatoms. The first-order valence-electron chi connectivity index (χ1n) is 10.9. The van der Waals surface area contributed by atoms with Gasteiger partial charge in [0.1, 0.15) is 11.6 Å². The summed E-state index contributed by atoms with van der Waals surface area (Å²) >= 11 is 0. The van der Waals surface area contributed by atoms with Crippen molar-refractivity contribution in [1.29, 1.82) is 0 Å². The van der Waals surface area contributed by atoms with Crippen LogP contribution >= 0.6 is 0 Å². The van der Waals surface area contributed by atoms with Crippen molar-refractivity contribution < 1.29 is 18.7 Å². The van der Waals surface area contributed by atoms with Crippen molar-refractivity contribution in [3.63, 3.8) is 0 Å². The summed E-state index contributed by atoms with van der Waals surface area (Å²) in [6.07, 6.45) is 0.490. The van der Waals surface area contributed by atoms with Gasteiger partial charge in [-0.3, -0.25) is 9.69 Å². The molecule has 0 atom stereocenters. The van der Waals surface area contributed by atoms with E-state index in [1.807, 2.05) is 24.3 Å². The lowest BCUT2D eigenvalue weighted by Gasteiger charge is -2.38. The fourth-order valence-electron chi connectivity index (χ4n) is 4.18. The van der Waals surface area contributed by atoms with Crippen LogP contribution in [0.25, 0.3) is 0 Å². The molecule has 0 spiro atoms. The Morgan fingerprint density at radius 2 is 1.87 bits per heavy atom. The number of halogens is 1. The normalized spacial score (nSPS) is 16.7. The highest BCUT2D eigenvalue weighted by Crippen LogP contribution is 2.29. The molecular formula is C24H30FN3O3. The van der Waals surface area contributed by atoms with E-state index < -0.39 is 0 Å². The number of benzene rings is 2. The van der Waals surface area contributed by atoms with Crippen molar-refractivity contribution in [2.75, 3.05) is 44.4 Å². The van der Waals surface area contributed by atoms with Crippen LogP contribution in [0.15, 0.2) is 36.4 Å². The summed E-state index contributed by atoms with van der Waals surface area (Å²) in [5.74, 6) is 0.216. The third-order valence-corrected chi connectivity index (χ3v) is 5.97. The number of nitrogens with zero attached hydrogens (tertiary/aromatic N) is 2. The first kappa shape index (κ1) is 21.6. The maximum absolute atomic E-state index is 13.9. The zero-order chi connectivity index (χ0) is 21.8. The van der Waals surface area contributed by atoms with Crippen LogP contribution in [-0.2, 0) is 17.8 Å². The van der Waals surface area contributed by atoms with Gasteiger partial charge in [0.2, 0.25) is 0 Å². The average molecular weight is 428 g/mol. The summed E-state index contributed by atoms with van der Waals surface area (Å²) in [6.45, 7) is 9.46. The highest BCUT2D eigenvalue weighted by molar-refractivity contribution is 5.94. The van der Waals surface area contributed by atoms with E-state index in [2.05, 4.69) is 29.0 Å². The molecule has 2 aromatic carbocycles. The SMILES string of the molecule is CC(C)N1CCN(c2ccc(C(=O)NCCc3cc(F)cc4c3OCOC4)cc2)CC1. The topological polar surface area (TPSA) is 54.0 Å². The van der Waals surface area contributed by atoms with Crippen molar-refractivity contribution >= 4 is 11.6 Å². The molecule has 6 nitrogen and oxygen atoms in total. The van der Waals surface area contributed by atoms with E-state index in [1.165, 1.54) is 12.1 Å². The quantitative estimate of drug-likeness (QED) is 0.767. The zero-order valence-corrected chi connectivity index (χ0v) is 18.2. The van der Waals surface area contributed by atoms with E-state index in [4.69, 9.17) is 9.47 Å². The lowest BCUT2D eigenvalue weighted by molar-refractivity contribution is -0.0172. The molecule has 0 saturated carbocycles. The first-order valence-corrected chi connectivity index (χ1v) is 10.9. The van der Waals surface area contributed by atoms with Gasteiger partial charge in [-0.25, -0.2) is 4.39 Å². The third-order valence-electron chi connectivity index (χ3n) is 5.97. The minimum Gasteiger partial charge on any atom is -0.467 e. The molecule has 4 rings (SSSR count). The Morgan fingerprint density at radius 1 is 1.13 bits per heavy atom. The standard InChI is InChI=1S/C24H30FN3O3/c1-17(2)27-9-11-28(12-10-27)22-5-3-18(4-6-22)24(29)26-8-7-19-13-21(25)14-20-15-30-16-31-23(19)20/h3-6,13-14,17H,7-12,15-16H2,1-2H3,(H,26,29). The summed E-state index contributed by atoms with van der Waals surface area (Å²) in [6, 6.07) is 11.2. The molecule has 1 N–H and O–H groups in total. The predicted octanol–water partition coefficient (Wildman–Crippen LogP) is 3.20. The summed E-state index contributed by atoms with van der Waals surface area (Å²) in [5.41, 5.74) is 3.22. The molecule has 0 unspecified atom stereocenters. The molecule has 2 aliphatic rings. The summed E-state index contributed by atoms with van der Waals surface area (Å²) in [4.78, 5) is 17.4. The minimum absolute atomic E-state index is 0.134. The molecule has 2 aliphatic heterocycles. The van der Waals surface area contributed by atoms with Crippen LogP contribution in [-0.4, -0.2) is 56.4 Å². The van der Waals surface area contributed by atoms with Gasteiger partial charge in [-0.05, 0) is 62.2 Å². The van der Waals surface area contributed by atoms with Gasteiger partial charge in [0.05, 0.1) is 6.61 Å². The third kappa shape index (κ3) is 5.17. The Kier molecular flexibility index (Phi) is 6.73. The van der Waals surface area contributed by atoms with E-state index >= 15 is 0 Å². The molecule has 1 saturated heterocycles. The van der Waals surface area contributed by atoms with Gasteiger partial charge in [0.25, 0.3) is 5.91 Å². The fourth-order valence-corrected chi connectivity index (χ4v) is 4.18. The molecule has 1 fully saturated rings. The number of carbonyl (C=O) groups is 1. The number of hydrogen-bond donors (Lipinski definition) is 1. The van der Waals surface area contributed by atoms with Crippen molar-refractivity contribution in [2.24, 2.45) is 0 Å². The Hall–Kier alpha value is -2.64. The molecule has 31 heavy (non-hydrogen) atoms. The van der Waals surface area contributed by atoms with Crippen molar-refractivity contribution in [2.45, 2.75) is 32.9 Å². The van der Waals surface area contributed by atoms with Crippen molar-refractivity contribution in [3.8, 4) is 5.75 Å². The zero-order valence-electron chi connectivity index (χ0n) is 18.2. The van der Waals surface area contributed by atoms with E-state index in [0.29, 0.717) is 42.5 Å². The second-order valence-electron chi connectivity index (χ2n) is 8.33. The van der Waals surface area contributed by atoms with E-state index in [1.54, 1.807) is 0 Å². The number of carbonyl (C=O) groups excluding carboxylic acids is 1. The smallest absolute Gasteiger partial charge is 0.251 e. The van der Waals surface area contributed by atoms with Crippen LogP contribution in [0.5, 0.6) is 5.75 Å². The summed E-state index contributed by atoms with van der Waals surface area (Å²) in [5, 5.41) is 2.92.